The number of hydrogen-bond acceptors (Lipinski definition) is 0. The van der Waals surface area contributed by atoms with E-state index in [4.69, 9.17) is 0 Å². The van der Waals surface area contributed by atoms with Gasteiger partial charge in [0.2, 0.25) is 0 Å². The largest absolute Gasteiger partial charge is 0.0610 e. The molecule has 0 fully saturated rings. The second kappa shape index (κ2) is 6.21. The highest BCUT2D eigenvalue weighted by Gasteiger charge is 2.14. The van der Waals surface area contributed by atoms with Crippen LogP contribution in [0.4, 0.5) is 0 Å². The minimum Gasteiger partial charge on any atom is -0.0610 e. The molecule has 0 bridgehead atoms. The van der Waals surface area contributed by atoms with Gasteiger partial charge in [-0.1, -0.05) is 83.9 Å². The molecule has 0 nitrogen and oxygen atoms in total. The predicted molar refractivity (Wildman–Crippen MR) is 118 cm³/mol. The minimum absolute atomic E-state index is 1.31. The fourth-order valence-electron chi connectivity index (χ4n) is 4.71. The summed E-state index contributed by atoms with van der Waals surface area (Å²) in [6, 6.07) is 27.0. The molecule has 1 aliphatic carbocycles. The Morgan fingerprint density at radius 3 is 1.25 bits per heavy atom. The molecule has 0 atom stereocenters. The molecule has 0 N–H and O–H groups in total. The Balaban J connectivity index is 1.90. The van der Waals surface area contributed by atoms with Gasteiger partial charge in [0, 0.05) is 0 Å². The van der Waals surface area contributed by atoms with E-state index in [1.54, 1.807) is 0 Å². The van der Waals surface area contributed by atoms with Crippen molar-refractivity contribution in [2.24, 2.45) is 0 Å². The van der Waals surface area contributed by atoms with Crippen molar-refractivity contribution >= 4 is 0 Å². The monoisotopic (exact) mass is 360 g/mol. The molecular formula is C28H24. The molecule has 0 amide bonds. The molecule has 28 heavy (non-hydrogen) atoms. The van der Waals surface area contributed by atoms with Crippen molar-refractivity contribution in [3.05, 3.63) is 116 Å². The van der Waals surface area contributed by atoms with Crippen LogP contribution >= 0.6 is 0 Å². The first-order valence-corrected chi connectivity index (χ1v) is 9.96. The molecule has 0 unspecified atom stereocenters. The van der Waals surface area contributed by atoms with Crippen LogP contribution in [0.25, 0.3) is 22.3 Å². The lowest BCUT2D eigenvalue weighted by molar-refractivity contribution is 1.27. The van der Waals surface area contributed by atoms with Crippen molar-refractivity contribution in [1.29, 1.82) is 0 Å². The summed E-state index contributed by atoms with van der Waals surface area (Å²) in [6.07, 6.45) is 0. The summed E-state index contributed by atoms with van der Waals surface area (Å²) in [6.45, 7) is 8.76. The zero-order valence-corrected chi connectivity index (χ0v) is 16.9. The Morgan fingerprint density at radius 2 is 0.857 bits per heavy atom. The van der Waals surface area contributed by atoms with Crippen molar-refractivity contribution in [1.82, 2.24) is 0 Å². The lowest BCUT2D eigenvalue weighted by atomic mass is 9.87. The highest BCUT2D eigenvalue weighted by molar-refractivity contribution is 5.74. The topological polar surface area (TPSA) is 0 Å². The highest BCUT2D eigenvalue weighted by Crippen LogP contribution is 2.34. The Labute approximate surface area is 166 Å². The molecule has 0 aromatic heterocycles. The maximum atomic E-state index is 2.28. The average Bonchev–Trinajstić information content (AvgIpc) is 2.65. The summed E-state index contributed by atoms with van der Waals surface area (Å²) in [4.78, 5) is 0. The van der Waals surface area contributed by atoms with E-state index >= 15 is 0 Å². The molecular weight excluding hydrogens is 336 g/mol. The van der Waals surface area contributed by atoms with E-state index in [9.17, 15) is 0 Å². The van der Waals surface area contributed by atoms with Crippen LogP contribution in [0.1, 0.15) is 22.3 Å². The molecule has 0 saturated heterocycles. The lowest BCUT2D eigenvalue weighted by Crippen LogP contribution is -1.99. The van der Waals surface area contributed by atoms with Crippen LogP contribution < -0.4 is 0 Å². The molecule has 4 aromatic rings. The SMILES string of the molecule is Cc1ccc(-c2cccc3c2=c2c(-c4ccc(C)cc4C)cccc2=3)c(C)c1. The first-order valence-electron chi connectivity index (χ1n) is 9.96. The first-order chi connectivity index (χ1) is 13.5. The van der Waals surface area contributed by atoms with E-state index in [1.165, 1.54) is 65.4 Å². The fraction of sp³-hybridized carbons (Fsp3) is 0.143. The van der Waals surface area contributed by atoms with Gasteiger partial charge in [-0.05, 0) is 82.0 Å². The van der Waals surface area contributed by atoms with Gasteiger partial charge in [-0.3, -0.25) is 0 Å². The Morgan fingerprint density at radius 1 is 0.429 bits per heavy atom. The van der Waals surface area contributed by atoms with Gasteiger partial charge >= 0.3 is 0 Å². The van der Waals surface area contributed by atoms with Gasteiger partial charge in [-0.25, -0.2) is 0 Å². The summed E-state index contributed by atoms with van der Waals surface area (Å²) >= 11 is 0. The normalized spacial score (nSPS) is 11.6. The number of benzene rings is 4. The van der Waals surface area contributed by atoms with Gasteiger partial charge in [0.15, 0.2) is 0 Å². The maximum Gasteiger partial charge on any atom is -0.00140 e. The molecule has 0 heterocycles. The van der Waals surface area contributed by atoms with Gasteiger partial charge in [0.05, 0.1) is 0 Å². The Kier molecular flexibility index (Phi) is 3.77. The lowest BCUT2D eigenvalue weighted by Gasteiger charge is -2.17. The van der Waals surface area contributed by atoms with E-state index in [-0.39, 0.29) is 0 Å². The Bertz CT molecular complexity index is 1330. The smallest absolute Gasteiger partial charge is 0.00140 e. The van der Waals surface area contributed by atoms with Gasteiger partial charge in [0.25, 0.3) is 0 Å². The molecule has 0 aliphatic heterocycles. The molecule has 4 aromatic carbocycles. The predicted octanol–water partition coefficient (Wildman–Crippen LogP) is 7.14. The van der Waals surface area contributed by atoms with Crippen molar-refractivity contribution in [3.63, 3.8) is 0 Å². The van der Waals surface area contributed by atoms with E-state index in [2.05, 4.69) is 100 Å². The number of hydrogen-bond donors (Lipinski definition) is 0. The second-order valence-electron chi connectivity index (χ2n) is 8.09. The summed E-state index contributed by atoms with van der Waals surface area (Å²) in [5.41, 5.74) is 10.7. The standard InChI is InChI=1S/C28H24/c1-17-11-13-21(19(3)15-17)23-7-5-9-25-26-10-6-8-24(28(26)27(23)25)22-14-12-18(2)16-20(22)4/h5-16H,1-4H3. The van der Waals surface area contributed by atoms with E-state index < -0.39 is 0 Å². The maximum absolute atomic E-state index is 2.28. The summed E-state index contributed by atoms with van der Waals surface area (Å²) in [5, 5.41) is 5.55. The molecule has 1 aliphatic rings. The summed E-state index contributed by atoms with van der Waals surface area (Å²) in [7, 11) is 0. The van der Waals surface area contributed by atoms with Gasteiger partial charge < -0.3 is 0 Å². The third kappa shape index (κ3) is 2.45. The average molecular weight is 361 g/mol. The number of aryl methyl sites for hydroxylation is 4. The van der Waals surface area contributed by atoms with Crippen molar-refractivity contribution in [2.75, 3.05) is 0 Å². The van der Waals surface area contributed by atoms with Crippen LogP contribution in [0.2, 0.25) is 0 Å². The molecule has 0 spiro atoms. The second-order valence-corrected chi connectivity index (χ2v) is 8.09. The van der Waals surface area contributed by atoms with Crippen LogP contribution in [0.15, 0.2) is 72.8 Å². The first kappa shape index (κ1) is 17.0. The zero-order valence-electron chi connectivity index (χ0n) is 16.9. The highest BCUT2D eigenvalue weighted by atomic mass is 14.2. The van der Waals surface area contributed by atoms with Crippen LogP contribution in [0, 0.1) is 48.6 Å². The van der Waals surface area contributed by atoms with E-state index in [0.717, 1.165) is 0 Å². The fourth-order valence-corrected chi connectivity index (χ4v) is 4.71. The third-order valence-corrected chi connectivity index (χ3v) is 6.01. The van der Waals surface area contributed by atoms with Crippen LogP contribution in [-0.4, -0.2) is 0 Å². The van der Waals surface area contributed by atoms with Gasteiger partial charge in [0.1, 0.15) is 0 Å². The molecule has 0 radical (unpaired) electrons. The van der Waals surface area contributed by atoms with Gasteiger partial charge in [-0.15, -0.1) is 0 Å². The van der Waals surface area contributed by atoms with Crippen molar-refractivity contribution in [2.45, 2.75) is 27.7 Å². The molecule has 0 saturated carbocycles. The minimum atomic E-state index is 1.31. The number of fused-ring (bicyclic) bond motifs is 2. The molecule has 136 valence electrons. The number of rotatable bonds is 2. The summed E-state index contributed by atoms with van der Waals surface area (Å²) < 4.78 is 0. The van der Waals surface area contributed by atoms with Crippen molar-refractivity contribution in [3.8, 4) is 22.3 Å². The third-order valence-electron chi connectivity index (χ3n) is 6.01. The van der Waals surface area contributed by atoms with Crippen LogP contribution in [-0.2, 0) is 0 Å². The quantitative estimate of drug-likeness (QED) is 0.314. The molecule has 5 rings (SSSR count). The van der Waals surface area contributed by atoms with Crippen molar-refractivity contribution < 1.29 is 0 Å². The summed E-state index contributed by atoms with van der Waals surface area (Å²) in [5.74, 6) is 0. The van der Waals surface area contributed by atoms with Crippen LogP contribution in [0.3, 0.4) is 0 Å². The zero-order chi connectivity index (χ0) is 19.4. The Hall–Kier alpha value is -3.12. The van der Waals surface area contributed by atoms with Gasteiger partial charge in [-0.2, -0.15) is 0 Å². The molecule has 0 heteroatoms. The van der Waals surface area contributed by atoms with Crippen LogP contribution in [0.5, 0.6) is 0 Å². The van der Waals surface area contributed by atoms with E-state index in [0.29, 0.717) is 0 Å². The van der Waals surface area contributed by atoms with E-state index in [1.807, 2.05) is 0 Å².